The van der Waals surface area contributed by atoms with Crippen molar-refractivity contribution in [2.24, 2.45) is 0 Å². The number of anilines is 1. The van der Waals surface area contributed by atoms with Gasteiger partial charge in [-0.3, -0.25) is 10.1 Å². The van der Waals surface area contributed by atoms with Crippen molar-refractivity contribution in [2.45, 2.75) is 33.1 Å². The van der Waals surface area contributed by atoms with Gasteiger partial charge < -0.3 is 4.74 Å². The highest BCUT2D eigenvalue weighted by Crippen LogP contribution is 2.29. The van der Waals surface area contributed by atoms with Crippen molar-refractivity contribution in [1.82, 2.24) is 4.98 Å². The molecule has 1 heterocycles. The zero-order valence-electron chi connectivity index (χ0n) is 14.8. The maximum atomic E-state index is 12.5. The van der Waals surface area contributed by atoms with E-state index in [2.05, 4.69) is 45.3 Å². The number of carbonyl (C=O) groups is 1. The van der Waals surface area contributed by atoms with E-state index < -0.39 is 0 Å². The summed E-state index contributed by atoms with van der Waals surface area (Å²) >= 11 is 4.94. The Kier molecular flexibility index (Phi) is 6.27. The number of nitrogens with one attached hydrogen (secondary N) is 1. The number of fused-ring (bicyclic) bond motifs is 1. The molecule has 0 aliphatic heterocycles. The maximum Gasteiger partial charge on any atom is 0.257 e. The smallest absolute Gasteiger partial charge is 0.257 e. The SMILES string of the molecule is CCCCc1ccc2nc(NC(=O)c3ccc(OCC)c(Br)c3)sc2c1. The zero-order valence-corrected chi connectivity index (χ0v) is 17.2. The van der Waals surface area contributed by atoms with Gasteiger partial charge in [-0.05, 0) is 71.6 Å². The lowest BCUT2D eigenvalue weighted by atomic mass is 10.1. The van der Waals surface area contributed by atoms with E-state index in [1.165, 1.54) is 29.7 Å². The molecule has 136 valence electrons. The molecule has 0 spiro atoms. The predicted molar refractivity (Wildman–Crippen MR) is 111 cm³/mol. The lowest BCUT2D eigenvalue weighted by Gasteiger charge is -2.07. The van der Waals surface area contributed by atoms with Crippen molar-refractivity contribution in [3.05, 3.63) is 52.0 Å². The quantitative estimate of drug-likeness (QED) is 0.493. The molecule has 0 aliphatic rings. The number of carbonyl (C=O) groups excluding carboxylic acids is 1. The number of rotatable bonds is 7. The number of thiazole rings is 1. The largest absolute Gasteiger partial charge is 0.493 e. The van der Waals surface area contributed by atoms with Crippen LogP contribution in [0, 0.1) is 0 Å². The van der Waals surface area contributed by atoms with Crippen LogP contribution in [0.4, 0.5) is 5.13 Å². The highest BCUT2D eigenvalue weighted by Gasteiger charge is 2.12. The summed E-state index contributed by atoms with van der Waals surface area (Å²) in [7, 11) is 0. The minimum atomic E-state index is -0.181. The molecule has 0 unspecified atom stereocenters. The second-order valence-electron chi connectivity index (χ2n) is 5.96. The number of halogens is 1. The van der Waals surface area contributed by atoms with E-state index in [1.807, 2.05) is 13.0 Å². The first-order valence-electron chi connectivity index (χ1n) is 8.74. The molecule has 1 N–H and O–H groups in total. The van der Waals surface area contributed by atoms with Gasteiger partial charge in [0.15, 0.2) is 5.13 Å². The van der Waals surface area contributed by atoms with E-state index in [4.69, 9.17) is 4.74 Å². The Bertz CT molecular complexity index is 923. The van der Waals surface area contributed by atoms with Crippen LogP contribution in [0.3, 0.4) is 0 Å². The molecule has 0 saturated heterocycles. The third-order valence-electron chi connectivity index (χ3n) is 3.99. The van der Waals surface area contributed by atoms with Crippen molar-refractivity contribution in [1.29, 1.82) is 0 Å². The number of nitrogens with zero attached hydrogens (tertiary/aromatic N) is 1. The van der Waals surface area contributed by atoms with Crippen molar-refractivity contribution in [2.75, 3.05) is 11.9 Å². The Balaban J connectivity index is 1.75. The Morgan fingerprint density at radius 1 is 1.23 bits per heavy atom. The molecular formula is C20H21BrN2O2S. The van der Waals surface area contributed by atoms with E-state index in [9.17, 15) is 4.79 Å². The number of hydrogen-bond donors (Lipinski definition) is 1. The molecule has 0 atom stereocenters. The van der Waals surface area contributed by atoms with Crippen molar-refractivity contribution >= 4 is 48.5 Å². The first-order valence-corrected chi connectivity index (χ1v) is 10.3. The second kappa shape index (κ2) is 8.64. The number of ether oxygens (including phenoxy) is 1. The summed E-state index contributed by atoms with van der Waals surface area (Å²) in [6.07, 6.45) is 3.44. The number of aryl methyl sites for hydroxylation is 1. The fourth-order valence-corrected chi connectivity index (χ4v) is 4.06. The normalized spacial score (nSPS) is 10.9. The fourth-order valence-electron chi connectivity index (χ4n) is 2.64. The Morgan fingerprint density at radius 2 is 2.08 bits per heavy atom. The average molecular weight is 433 g/mol. The fraction of sp³-hybridized carbons (Fsp3) is 0.300. The first-order chi connectivity index (χ1) is 12.6. The molecule has 4 nitrogen and oxygen atoms in total. The van der Waals surface area contributed by atoms with E-state index in [0.717, 1.165) is 26.9 Å². The molecule has 3 rings (SSSR count). The van der Waals surface area contributed by atoms with E-state index in [-0.39, 0.29) is 5.91 Å². The van der Waals surface area contributed by atoms with E-state index in [1.54, 1.807) is 18.2 Å². The van der Waals surface area contributed by atoms with Crippen LogP contribution in [0.2, 0.25) is 0 Å². The summed E-state index contributed by atoms with van der Waals surface area (Å²) < 4.78 is 7.34. The first kappa shape index (κ1) is 18.9. The molecule has 0 radical (unpaired) electrons. The van der Waals surface area contributed by atoms with Crippen LogP contribution < -0.4 is 10.1 Å². The van der Waals surface area contributed by atoms with Crippen LogP contribution in [0.15, 0.2) is 40.9 Å². The second-order valence-corrected chi connectivity index (χ2v) is 7.84. The van der Waals surface area contributed by atoms with Gasteiger partial charge in [0.25, 0.3) is 5.91 Å². The number of hydrogen-bond acceptors (Lipinski definition) is 4. The summed E-state index contributed by atoms with van der Waals surface area (Å²) in [6.45, 7) is 4.70. The highest BCUT2D eigenvalue weighted by atomic mass is 79.9. The lowest BCUT2D eigenvalue weighted by molar-refractivity contribution is 0.102. The van der Waals surface area contributed by atoms with Gasteiger partial charge >= 0.3 is 0 Å². The third kappa shape index (κ3) is 4.43. The number of amides is 1. The number of aromatic nitrogens is 1. The minimum Gasteiger partial charge on any atom is -0.493 e. The van der Waals surface area contributed by atoms with Crippen LogP contribution in [0.5, 0.6) is 5.75 Å². The molecular weight excluding hydrogens is 412 g/mol. The Hall–Kier alpha value is -1.92. The molecule has 26 heavy (non-hydrogen) atoms. The highest BCUT2D eigenvalue weighted by molar-refractivity contribution is 9.10. The van der Waals surface area contributed by atoms with Crippen LogP contribution in [0.25, 0.3) is 10.2 Å². The zero-order chi connectivity index (χ0) is 18.5. The summed E-state index contributed by atoms with van der Waals surface area (Å²) in [6, 6.07) is 11.6. The van der Waals surface area contributed by atoms with Crippen LogP contribution >= 0.6 is 27.3 Å². The van der Waals surface area contributed by atoms with Gasteiger partial charge in [0.2, 0.25) is 0 Å². The van der Waals surface area contributed by atoms with Crippen molar-refractivity contribution in [3.8, 4) is 5.75 Å². The summed E-state index contributed by atoms with van der Waals surface area (Å²) in [5.41, 5.74) is 2.79. The standard InChI is InChI=1S/C20H21BrN2O2S/c1-3-5-6-13-7-9-16-18(11-13)26-20(22-16)23-19(24)14-8-10-17(25-4-2)15(21)12-14/h7-12H,3-6H2,1-2H3,(H,22,23,24). The topological polar surface area (TPSA) is 51.2 Å². The monoisotopic (exact) mass is 432 g/mol. The Labute approximate surface area is 165 Å². The van der Waals surface area contributed by atoms with E-state index in [0.29, 0.717) is 17.3 Å². The molecule has 0 aliphatic carbocycles. The van der Waals surface area contributed by atoms with Crippen LogP contribution in [-0.2, 0) is 6.42 Å². The summed E-state index contributed by atoms with van der Waals surface area (Å²) in [5, 5.41) is 3.51. The molecule has 3 aromatic rings. The Morgan fingerprint density at radius 3 is 2.81 bits per heavy atom. The van der Waals surface area contributed by atoms with Crippen LogP contribution in [0.1, 0.15) is 42.6 Å². The molecule has 1 amide bonds. The molecule has 0 fully saturated rings. The van der Waals surface area contributed by atoms with Crippen molar-refractivity contribution < 1.29 is 9.53 Å². The van der Waals surface area contributed by atoms with Crippen molar-refractivity contribution in [3.63, 3.8) is 0 Å². The predicted octanol–water partition coefficient (Wildman–Crippen LogP) is 6.05. The van der Waals surface area contributed by atoms with Gasteiger partial charge in [-0.2, -0.15) is 0 Å². The molecule has 2 aromatic carbocycles. The summed E-state index contributed by atoms with van der Waals surface area (Å²) in [5.74, 6) is 0.544. The molecule has 6 heteroatoms. The molecule has 1 aromatic heterocycles. The van der Waals surface area contributed by atoms with Gasteiger partial charge in [-0.15, -0.1) is 0 Å². The van der Waals surface area contributed by atoms with Gasteiger partial charge in [0.05, 0.1) is 21.3 Å². The molecule has 0 saturated carbocycles. The van der Waals surface area contributed by atoms with Gasteiger partial charge in [0, 0.05) is 5.56 Å². The number of benzene rings is 2. The molecule has 0 bridgehead atoms. The van der Waals surface area contributed by atoms with Crippen LogP contribution in [-0.4, -0.2) is 17.5 Å². The van der Waals surface area contributed by atoms with Gasteiger partial charge in [-0.1, -0.05) is 30.7 Å². The maximum absolute atomic E-state index is 12.5. The van der Waals surface area contributed by atoms with E-state index >= 15 is 0 Å². The summed E-state index contributed by atoms with van der Waals surface area (Å²) in [4.78, 5) is 17.0. The third-order valence-corrected chi connectivity index (χ3v) is 5.54. The minimum absolute atomic E-state index is 0.181. The van der Waals surface area contributed by atoms with Gasteiger partial charge in [0.1, 0.15) is 5.75 Å². The average Bonchev–Trinajstić information content (AvgIpc) is 3.03. The van der Waals surface area contributed by atoms with Gasteiger partial charge in [-0.25, -0.2) is 4.98 Å². The number of unbranched alkanes of at least 4 members (excludes halogenated alkanes) is 1. The lowest BCUT2D eigenvalue weighted by Crippen LogP contribution is -2.11.